The van der Waals surface area contributed by atoms with Gasteiger partial charge < -0.3 is 18.8 Å². The molecule has 1 atom stereocenters. The van der Waals surface area contributed by atoms with Gasteiger partial charge in [-0.25, -0.2) is 13.2 Å². The molecule has 0 fully saturated rings. The van der Waals surface area contributed by atoms with Crippen molar-refractivity contribution in [2.24, 2.45) is 5.41 Å². The molecule has 0 N–H and O–H groups in total. The van der Waals surface area contributed by atoms with Gasteiger partial charge in [0, 0.05) is 6.92 Å². The quantitative estimate of drug-likeness (QED) is 0.357. The van der Waals surface area contributed by atoms with Crippen molar-refractivity contribution in [2.45, 2.75) is 45.2 Å². The highest BCUT2D eigenvalue weighted by Crippen LogP contribution is 2.29. The number of hydrogen-bond acceptors (Lipinski definition) is 8. The number of methoxy groups -OCH3 is 1. The summed E-state index contributed by atoms with van der Waals surface area (Å²) in [7, 11) is -5.14. The zero-order chi connectivity index (χ0) is 18.7. The van der Waals surface area contributed by atoms with Gasteiger partial charge >= 0.3 is 23.0 Å². The van der Waals surface area contributed by atoms with E-state index in [1.165, 1.54) is 13.8 Å². The van der Waals surface area contributed by atoms with Crippen molar-refractivity contribution < 1.29 is 45.6 Å². The van der Waals surface area contributed by atoms with Crippen LogP contribution < -0.4 is 0 Å². The number of alkyl halides is 2. The molecule has 0 saturated heterocycles. The van der Waals surface area contributed by atoms with Gasteiger partial charge in [0.25, 0.3) is 0 Å². The van der Waals surface area contributed by atoms with Crippen LogP contribution in [-0.4, -0.2) is 49.7 Å². The summed E-state index contributed by atoms with van der Waals surface area (Å²) in [6.07, 6.45) is 0.300. The average molecular weight is 361 g/mol. The maximum Gasteiger partial charge on any atom is 0.379 e. The van der Waals surface area contributed by atoms with Crippen molar-refractivity contribution in [3.05, 3.63) is 0 Å². The molecule has 0 bridgehead atoms. The molecule has 0 aliphatic rings. The summed E-state index contributed by atoms with van der Waals surface area (Å²) < 4.78 is 71.1. The van der Waals surface area contributed by atoms with Crippen LogP contribution in [0.3, 0.4) is 0 Å². The van der Waals surface area contributed by atoms with E-state index in [4.69, 9.17) is 4.74 Å². The summed E-state index contributed by atoms with van der Waals surface area (Å²) in [5.74, 6) is -4.94. The van der Waals surface area contributed by atoms with E-state index in [0.717, 1.165) is 14.0 Å². The molecule has 0 heterocycles. The Kier molecular flexibility index (Phi) is 6.65. The topological polar surface area (TPSA) is 119 Å². The molecule has 1 unspecified atom stereocenters. The van der Waals surface area contributed by atoms with E-state index >= 15 is 0 Å². The predicted octanol–water partition coefficient (Wildman–Crippen LogP) is 1.01. The summed E-state index contributed by atoms with van der Waals surface area (Å²) in [5.41, 5.74) is -1.06. The fourth-order valence-corrected chi connectivity index (χ4v) is 1.27. The number of carbonyl (C=O) groups excluding carboxylic acids is 2. The lowest BCUT2D eigenvalue weighted by Gasteiger charge is -2.32. The third-order valence-electron chi connectivity index (χ3n) is 3.16. The van der Waals surface area contributed by atoms with Crippen LogP contribution in [-0.2, 0) is 33.9 Å². The zero-order valence-electron chi connectivity index (χ0n) is 13.3. The van der Waals surface area contributed by atoms with Gasteiger partial charge in [-0.1, -0.05) is 6.92 Å². The molecule has 0 aliphatic heterocycles. The SMILES string of the molecule is CCC(C)(C)C(=O)OC(C)(OCC(F)(F)S(=O)(=O)[O-])C(=O)OC. The van der Waals surface area contributed by atoms with Gasteiger partial charge in [-0.3, -0.25) is 4.79 Å². The molecular formula is C12H19F2O8S-. The van der Waals surface area contributed by atoms with E-state index in [-0.39, 0.29) is 0 Å². The maximum atomic E-state index is 13.1. The molecule has 0 spiro atoms. The molecule has 8 nitrogen and oxygen atoms in total. The Morgan fingerprint density at radius 2 is 1.61 bits per heavy atom. The Balaban J connectivity index is 5.38. The first-order valence-electron chi connectivity index (χ1n) is 6.42. The smallest absolute Gasteiger partial charge is 0.379 e. The van der Waals surface area contributed by atoms with Gasteiger partial charge in [0.05, 0.1) is 12.5 Å². The van der Waals surface area contributed by atoms with Crippen LogP contribution in [0.5, 0.6) is 0 Å². The third-order valence-corrected chi connectivity index (χ3v) is 4.01. The summed E-state index contributed by atoms with van der Waals surface area (Å²) in [6, 6.07) is 0. The van der Waals surface area contributed by atoms with Crippen LogP contribution in [0.15, 0.2) is 0 Å². The van der Waals surface area contributed by atoms with Crippen molar-refractivity contribution in [1.82, 2.24) is 0 Å². The van der Waals surface area contributed by atoms with Crippen molar-refractivity contribution in [2.75, 3.05) is 13.7 Å². The van der Waals surface area contributed by atoms with Crippen LogP contribution in [0.1, 0.15) is 34.1 Å². The largest absolute Gasteiger partial charge is 0.743 e. The first-order valence-corrected chi connectivity index (χ1v) is 7.83. The summed E-state index contributed by atoms with van der Waals surface area (Å²) in [4.78, 5) is 23.6. The van der Waals surface area contributed by atoms with Crippen molar-refractivity contribution >= 4 is 22.1 Å². The van der Waals surface area contributed by atoms with Gasteiger partial charge in [0.1, 0.15) is 6.61 Å². The van der Waals surface area contributed by atoms with Crippen molar-refractivity contribution in [1.29, 1.82) is 0 Å². The van der Waals surface area contributed by atoms with Gasteiger partial charge in [-0.15, -0.1) is 0 Å². The van der Waals surface area contributed by atoms with Gasteiger partial charge in [-0.05, 0) is 20.3 Å². The predicted molar refractivity (Wildman–Crippen MR) is 71.2 cm³/mol. The minimum atomic E-state index is -6.02. The van der Waals surface area contributed by atoms with Crippen molar-refractivity contribution in [3.8, 4) is 0 Å². The number of carbonyl (C=O) groups is 2. The van der Waals surface area contributed by atoms with E-state index in [2.05, 4.69) is 9.47 Å². The van der Waals surface area contributed by atoms with E-state index in [1.807, 2.05) is 0 Å². The Morgan fingerprint density at radius 3 is 1.96 bits per heavy atom. The van der Waals surface area contributed by atoms with Crippen LogP contribution in [0.4, 0.5) is 8.78 Å². The van der Waals surface area contributed by atoms with E-state index in [1.54, 1.807) is 6.92 Å². The van der Waals surface area contributed by atoms with Crippen LogP contribution in [0.2, 0.25) is 0 Å². The zero-order valence-corrected chi connectivity index (χ0v) is 14.2. The standard InChI is InChI=1S/C12H20F2O8S/c1-6-10(2,3)8(15)22-11(4,9(16)20-5)21-7-12(13,14)23(17,18)19/h6-7H2,1-5H3,(H,17,18,19)/p-1. The fraction of sp³-hybridized carbons (Fsp3) is 0.833. The minimum absolute atomic E-state index is 0.300. The second-order valence-corrected chi connectivity index (χ2v) is 6.95. The summed E-state index contributed by atoms with van der Waals surface area (Å²) >= 11 is 0. The fourth-order valence-electron chi connectivity index (χ4n) is 1.07. The molecule has 11 heteroatoms. The lowest BCUT2D eigenvalue weighted by molar-refractivity contribution is -0.249. The number of hydrogen-bond donors (Lipinski definition) is 0. The average Bonchev–Trinajstić information content (AvgIpc) is 2.42. The number of halogens is 2. The maximum absolute atomic E-state index is 13.1. The molecule has 0 aromatic heterocycles. The van der Waals surface area contributed by atoms with E-state index in [0.29, 0.717) is 6.42 Å². The molecule has 0 rings (SSSR count). The normalized spacial score (nSPS) is 15.7. The Morgan fingerprint density at radius 1 is 1.13 bits per heavy atom. The molecule has 0 aromatic carbocycles. The van der Waals surface area contributed by atoms with Crippen LogP contribution in [0, 0.1) is 5.41 Å². The van der Waals surface area contributed by atoms with Gasteiger partial charge in [0.15, 0.2) is 10.1 Å². The summed E-state index contributed by atoms with van der Waals surface area (Å²) in [5, 5.41) is -4.81. The first-order chi connectivity index (χ1) is 10.1. The Labute approximate surface area is 132 Å². The van der Waals surface area contributed by atoms with E-state index in [9.17, 15) is 31.3 Å². The second-order valence-electron chi connectivity index (χ2n) is 5.44. The second kappa shape index (κ2) is 7.05. The Hall–Kier alpha value is -1.33. The molecule has 23 heavy (non-hydrogen) atoms. The highest BCUT2D eigenvalue weighted by Gasteiger charge is 2.48. The monoisotopic (exact) mass is 361 g/mol. The number of esters is 2. The molecule has 0 amide bonds. The molecule has 0 radical (unpaired) electrons. The van der Waals surface area contributed by atoms with Crippen LogP contribution >= 0.6 is 0 Å². The van der Waals surface area contributed by atoms with Gasteiger partial charge in [-0.2, -0.15) is 8.78 Å². The molecule has 0 aromatic rings. The lowest BCUT2D eigenvalue weighted by Crippen LogP contribution is -2.49. The molecule has 0 aliphatic carbocycles. The summed E-state index contributed by atoms with van der Waals surface area (Å²) in [6.45, 7) is 3.42. The lowest BCUT2D eigenvalue weighted by atomic mass is 9.90. The van der Waals surface area contributed by atoms with Crippen molar-refractivity contribution in [3.63, 3.8) is 0 Å². The number of rotatable bonds is 8. The highest BCUT2D eigenvalue weighted by molar-refractivity contribution is 7.86. The Bertz CT molecular complexity index is 557. The minimum Gasteiger partial charge on any atom is -0.743 e. The first kappa shape index (κ1) is 21.7. The number of ether oxygens (including phenoxy) is 3. The highest BCUT2D eigenvalue weighted by atomic mass is 32.2. The van der Waals surface area contributed by atoms with Crippen LogP contribution in [0.25, 0.3) is 0 Å². The van der Waals surface area contributed by atoms with Gasteiger partial charge in [0.2, 0.25) is 0 Å². The molecule has 0 saturated carbocycles. The van der Waals surface area contributed by atoms with E-state index < -0.39 is 45.1 Å². The molecular weight excluding hydrogens is 342 g/mol. The third kappa shape index (κ3) is 5.36. The molecule has 136 valence electrons.